The third-order valence-electron chi connectivity index (χ3n) is 3.08. The Morgan fingerprint density at radius 3 is 2.44 bits per heavy atom. The van der Waals surface area contributed by atoms with E-state index in [0.717, 1.165) is 12.3 Å². The van der Waals surface area contributed by atoms with Crippen LogP contribution in [0.1, 0.15) is 38.5 Å². The largest absolute Gasteiger partial charge is 0.468 e. The molecule has 1 aromatic heterocycles. The van der Waals surface area contributed by atoms with E-state index < -0.39 is 0 Å². The Bertz CT molecular complexity index is 265. The minimum Gasteiger partial charge on any atom is -0.468 e. The number of rotatable bonds is 7. The molecule has 1 rings (SSSR count). The van der Waals surface area contributed by atoms with Gasteiger partial charge in [0.25, 0.3) is 0 Å². The summed E-state index contributed by atoms with van der Waals surface area (Å²) in [5.41, 5.74) is 0. The molecular weight excluding hydrogens is 200 g/mol. The summed E-state index contributed by atoms with van der Waals surface area (Å²) in [5.74, 6) is 1.03. The highest BCUT2D eigenvalue weighted by Gasteiger charge is 2.17. The molecule has 1 aromatic rings. The number of furan rings is 1. The summed E-state index contributed by atoms with van der Waals surface area (Å²) in [6.45, 7) is 5.38. The van der Waals surface area contributed by atoms with Crippen molar-refractivity contribution in [3.05, 3.63) is 24.2 Å². The van der Waals surface area contributed by atoms with Crippen LogP contribution in [0.5, 0.6) is 0 Å². The molecule has 1 N–H and O–H groups in total. The zero-order chi connectivity index (χ0) is 12.0. The van der Waals surface area contributed by atoms with Crippen LogP contribution in [0.3, 0.4) is 0 Å². The van der Waals surface area contributed by atoms with E-state index in [0.29, 0.717) is 12.1 Å². The molecule has 92 valence electrons. The minimum absolute atomic E-state index is 0.315. The van der Waals surface area contributed by atoms with Crippen molar-refractivity contribution < 1.29 is 4.42 Å². The lowest BCUT2D eigenvalue weighted by molar-refractivity contribution is 0.242. The molecular formula is C13H24N2O. The van der Waals surface area contributed by atoms with Crippen molar-refractivity contribution >= 4 is 0 Å². The molecule has 0 spiro atoms. The van der Waals surface area contributed by atoms with Crippen LogP contribution in [0.4, 0.5) is 0 Å². The highest BCUT2D eigenvalue weighted by atomic mass is 16.3. The molecule has 0 bridgehead atoms. The normalized spacial score (nSPS) is 13.6. The van der Waals surface area contributed by atoms with Crippen LogP contribution in [-0.4, -0.2) is 31.6 Å². The summed E-state index contributed by atoms with van der Waals surface area (Å²) >= 11 is 0. The van der Waals surface area contributed by atoms with Crippen molar-refractivity contribution in [2.75, 3.05) is 20.6 Å². The fourth-order valence-corrected chi connectivity index (χ4v) is 1.87. The Kier molecular flexibility index (Phi) is 5.56. The lowest BCUT2D eigenvalue weighted by atomic mass is 10.1. The molecule has 0 aliphatic rings. The maximum atomic E-state index is 5.47. The second kappa shape index (κ2) is 6.71. The molecule has 3 heteroatoms. The number of hydrogen-bond donors (Lipinski definition) is 1. The zero-order valence-electron chi connectivity index (χ0n) is 10.9. The second-order valence-electron chi connectivity index (χ2n) is 4.42. The summed E-state index contributed by atoms with van der Waals surface area (Å²) in [6.07, 6.45) is 4.09. The van der Waals surface area contributed by atoms with Crippen LogP contribution in [0.15, 0.2) is 22.8 Å². The van der Waals surface area contributed by atoms with Crippen LogP contribution in [0.25, 0.3) is 0 Å². The maximum Gasteiger partial charge on any atom is 0.122 e. The van der Waals surface area contributed by atoms with Crippen molar-refractivity contribution in [3.8, 4) is 0 Å². The molecule has 0 saturated heterocycles. The minimum atomic E-state index is 0.315. The second-order valence-corrected chi connectivity index (χ2v) is 4.42. The summed E-state index contributed by atoms with van der Waals surface area (Å²) in [7, 11) is 4.17. The Labute approximate surface area is 98.8 Å². The highest BCUT2D eigenvalue weighted by Crippen LogP contribution is 2.17. The monoisotopic (exact) mass is 224 g/mol. The van der Waals surface area contributed by atoms with Crippen LogP contribution in [-0.2, 0) is 0 Å². The van der Waals surface area contributed by atoms with Gasteiger partial charge in [-0.3, -0.25) is 4.90 Å². The predicted octanol–water partition coefficient (Wildman–Crippen LogP) is 2.66. The fraction of sp³-hybridized carbons (Fsp3) is 0.692. The van der Waals surface area contributed by atoms with E-state index in [9.17, 15) is 0 Å². The van der Waals surface area contributed by atoms with E-state index in [4.69, 9.17) is 4.42 Å². The lowest BCUT2D eigenvalue weighted by Crippen LogP contribution is -2.36. The van der Waals surface area contributed by atoms with Gasteiger partial charge in [0.05, 0.1) is 12.3 Å². The lowest BCUT2D eigenvalue weighted by Gasteiger charge is -2.25. The van der Waals surface area contributed by atoms with Crippen LogP contribution >= 0.6 is 0 Å². The third kappa shape index (κ3) is 3.65. The molecule has 0 radical (unpaired) electrons. The van der Waals surface area contributed by atoms with Gasteiger partial charge in [-0.1, -0.05) is 13.8 Å². The first-order valence-electron chi connectivity index (χ1n) is 6.12. The molecule has 0 amide bonds. The van der Waals surface area contributed by atoms with Gasteiger partial charge in [0.1, 0.15) is 5.76 Å². The average molecular weight is 224 g/mol. The van der Waals surface area contributed by atoms with Gasteiger partial charge in [-0.25, -0.2) is 0 Å². The number of nitrogens with zero attached hydrogens (tertiary/aromatic N) is 1. The van der Waals surface area contributed by atoms with Gasteiger partial charge in [0.2, 0.25) is 0 Å². The van der Waals surface area contributed by atoms with Gasteiger partial charge in [-0.05, 0) is 39.1 Å². The first-order valence-corrected chi connectivity index (χ1v) is 6.12. The van der Waals surface area contributed by atoms with Gasteiger partial charge in [0.15, 0.2) is 0 Å². The number of nitrogens with one attached hydrogen (secondary N) is 1. The van der Waals surface area contributed by atoms with E-state index in [2.05, 4.69) is 38.2 Å². The number of hydrogen-bond acceptors (Lipinski definition) is 3. The highest BCUT2D eigenvalue weighted by molar-refractivity contribution is 5.05. The summed E-state index contributed by atoms with van der Waals surface area (Å²) in [4.78, 5) is 2.19. The smallest absolute Gasteiger partial charge is 0.122 e. The maximum absolute atomic E-state index is 5.47. The summed E-state index contributed by atoms with van der Waals surface area (Å²) < 4.78 is 5.47. The number of likely N-dealkylation sites (N-methyl/N-ethyl adjacent to an activating group) is 1. The van der Waals surface area contributed by atoms with Crippen molar-refractivity contribution in [2.45, 2.75) is 38.8 Å². The Hall–Kier alpha value is -0.800. The standard InChI is InChI=1S/C13H24N2O/c1-5-11(6-2)14-10-12(15(3)4)13-8-7-9-16-13/h7-9,11-12,14H,5-6,10H2,1-4H3. The zero-order valence-corrected chi connectivity index (χ0v) is 10.9. The molecule has 0 aromatic carbocycles. The van der Waals surface area contributed by atoms with E-state index in [-0.39, 0.29) is 0 Å². The molecule has 3 nitrogen and oxygen atoms in total. The van der Waals surface area contributed by atoms with Crippen LogP contribution in [0, 0.1) is 0 Å². The average Bonchev–Trinajstić information content (AvgIpc) is 2.77. The summed E-state index contributed by atoms with van der Waals surface area (Å²) in [6, 6.07) is 4.91. The van der Waals surface area contributed by atoms with E-state index in [1.54, 1.807) is 6.26 Å². The molecule has 1 atom stereocenters. The molecule has 0 fully saturated rings. The third-order valence-corrected chi connectivity index (χ3v) is 3.08. The Morgan fingerprint density at radius 2 is 2.00 bits per heavy atom. The molecule has 0 aliphatic carbocycles. The van der Waals surface area contributed by atoms with Gasteiger partial charge in [0, 0.05) is 12.6 Å². The van der Waals surface area contributed by atoms with Gasteiger partial charge >= 0.3 is 0 Å². The van der Waals surface area contributed by atoms with Gasteiger partial charge < -0.3 is 9.73 Å². The topological polar surface area (TPSA) is 28.4 Å². The van der Waals surface area contributed by atoms with Crippen molar-refractivity contribution in [3.63, 3.8) is 0 Å². The van der Waals surface area contributed by atoms with E-state index in [1.165, 1.54) is 12.8 Å². The molecule has 1 unspecified atom stereocenters. The predicted molar refractivity (Wildman–Crippen MR) is 67.5 cm³/mol. The quantitative estimate of drug-likeness (QED) is 0.772. The van der Waals surface area contributed by atoms with E-state index >= 15 is 0 Å². The van der Waals surface area contributed by atoms with Crippen LogP contribution in [0.2, 0.25) is 0 Å². The molecule has 1 heterocycles. The van der Waals surface area contributed by atoms with Crippen LogP contribution < -0.4 is 5.32 Å². The first kappa shape index (κ1) is 13.3. The molecule has 0 aliphatic heterocycles. The van der Waals surface area contributed by atoms with Crippen molar-refractivity contribution in [2.24, 2.45) is 0 Å². The SMILES string of the molecule is CCC(CC)NCC(c1ccco1)N(C)C. The summed E-state index contributed by atoms with van der Waals surface area (Å²) in [5, 5.41) is 3.59. The van der Waals surface area contributed by atoms with Gasteiger partial charge in [-0.15, -0.1) is 0 Å². The fourth-order valence-electron chi connectivity index (χ4n) is 1.87. The Balaban J connectivity index is 2.53. The first-order chi connectivity index (χ1) is 7.69. The van der Waals surface area contributed by atoms with E-state index in [1.807, 2.05) is 12.1 Å². The molecule has 0 saturated carbocycles. The van der Waals surface area contributed by atoms with Crippen molar-refractivity contribution in [1.29, 1.82) is 0 Å². The van der Waals surface area contributed by atoms with Crippen molar-refractivity contribution in [1.82, 2.24) is 10.2 Å². The van der Waals surface area contributed by atoms with Gasteiger partial charge in [-0.2, -0.15) is 0 Å². The molecule has 16 heavy (non-hydrogen) atoms. The Morgan fingerprint density at radius 1 is 1.31 bits per heavy atom.